The fraction of sp³-hybridized carbons (Fsp3) is 0.500. The molecule has 0 aliphatic carbocycles. The van der Waals surface area contributed by atoms with E-state index in [2.05, 4.69) is 11.2 Å². The van der Waals surface area contributed by atoms with Crippen molar-refractivity contribution >= 4 is 28.9 Å². The minimum Gasteiger partial charge on any atom is -0.490 e. The molecule has 0 aromatic carbocycles. The molecule has 0 saturated heterocycles. The standard InChI is InChI=1S/C10H14N2OS2/c1-14-4-2-7-6-13-8-3-5-15-9(8)10(11)12-7/h3,5,7H,2,4,6H2,1H3,(H2,11,12)/t7-/m0/s1. The van der Waals surface area contributed by atoms with E-state index in [4.69, 9.17) is 10.5 Å². The smallest absolute Gasteiger partial charge is 0.141 e. The zero-order valence-electron chi connectivity index (χ0n) is 8.60. The van der Waals surface area contributed by atoms with Gasteiger partial charge in [0, 0.05) is 0 Å². The van der Waals surface area contributed by atoms with Gasteiger partial charge in [-0.15, -0.1) is 11.3 Å². The van der Waals surface area contributed by atoms with Gasteiger partial charge < -0.3 is 10.5 Å². The van der Waals surface area contributed by atoms with Crippen LogP contribution in [0.15, 0.2) is 16.4 Å². The van der Waals surface area contributed by atoms with Crippen LogP contribution in [0.25, 0.3) is 0 Å². The Morgan fingerprint density at radius 2 is 2.60 bits per heavy atom. The molecule has 0 saturated carbocycles. The van der Waals surface area contributed by atoms with Gasteiger partial charge in [-0.3, -0.25) is 4.99 Å². The second-order valence-electron chi connectivity index (χ2n) is 3.37. The average Bonchev–Trinajstić information content (AvgIpc) is 2.65. The van der Waals surface area contributed by atoms with Crippen molar-refractivity contribution in [3.63, 3.8) is 0 Å². The molecule has 3 nitrogen and oxygen atoms in total. The predicted molar refractivity (Wildman–Crippen MR) is 67.3 cm³/mol. The molecule has 82 valence electrons. The molecule has 2 rings (SSSR count). The van der Waals surface area contributed by atoms with Gasteiger partial charge in [0.15, 0.2) is 0 Å². The van der Waals surface area contributed by atoms with Gasteiger partial charge in [0.2, 0.25) is 0 Å². The molecular formula is C10H14N2OS2. The zero-order valence-corrected chi connectivity index (χ0v) is 10.2. The van der Waals surface area contributed by atoms with Gasteiger partial charge in [-0.2, -0.15) is 11.8 Å². The lowest BCUT2D eigenvalue weighted by Crippen LogP contribution is -2.18. The van der Waals surface area contributed by atoms with Crippen LogP contribution in [-0.2, 0) is 0 Å². The van der Waals surface area contributed by atoms with Crippen molar-refractivity contribution in [2.45, 2.75) is 12.5 Å². The Balaban J connectivity index is 2.11. The fourth-order valence-electron chi connectivity index (χ4n) is 1.48. The highest BCUT2D eigenvalue weighted by Crippen LogP contribution is 2.27. The summed E-state index contributed by atoms with van der Waals surface area (Å²) in [6.07, 6.45) is 3.12. The molecule has 1 aromatic heterocycles. The quantitative estimate of drug-likeness (QED) is 0.881. The summed E-state index contributed by atoms with van der Waals surface area (Å²) in [7, 11) is 0. The average molecular weight is 242 g/mol. The van der Waals surface area contributed by atoms with Crippen molar-refractivity contribution < 1.29 is 4.74 Å². The summed E-state index contributed by atoms with van der Waals surface area (Å²) in [5, 5.41) is 1.98. The van der Waals surface area contributed by atoms with Crippen LogP contribution in [0, 0.1) is 0 Å². The number of hydrogen-bond donors (Lipinski definition) is 1. The first kappa shape index (κ1) is 10.8. The lowest BCUT2D eigenvalue weighted by molar-refractivity contribution is 0.291. The molecule has 5 heteroatoms. The van der Waals surface area contributed by atoms with Crippen molar-refractivity contribution in [1.29, 1.82) is 0 Å². The van der Waals surface area contributed by atoms with E-state index < -0.39 is 0 Å². The lowest BCUT2D eigenvalue weighted by Gasteiger charge is -2.09. The minimum atomic E-state index is 0.206. The summed E-state index contributed by atoms with van der Waals surface area (Å²) < 4.78 is 5.68. The van der Waals surface area contributed by atoms with E-state index in [9.17, 15) is 0 Å². The number of nitrogens with two attached hydrogens (primary N) is 1. The third-order valence-corrected chi connectivity index (χ3v) is 3.83. The summed E-state index contributed by atoms with van der Waals surface area (Å²) in [6.45, 7) is 0.644. The highest BCUT2D eigenvalue weighted by atomic mass is 32.2. The Hall–Kier alpha value is -0.680. The van der Waals surface area contributed by atoms with Crippen molar-refractivity contribution in [2.24, 2.45) is 10.7 Å². The van der Waals surface area contributed by atoms with Gasteiger partial charge in [-0.05, 0) is 29.9 Å². The molecular weight excluding hydrogens is 228 g/mol. The Labute approximate surface area is 97.7 Å². The van der Waals surface area contributed by atoms with Crippen LogP contribution in [-0.4, -0.2) is 30.5 Å². The maximum Gasteiger partial charge on any atom is 0.141 e. The summed E-state index contributed by atoms with van der Waals surface area (Å²) in [4.78, 5) is 5.47. The normalized spacial score (nSPS) is 20.1. The van der Waals surface area contributed by atoms with Crippen LogP contribution in [0.5, 0.6) is 5.75 Å². The lowest BCUT2D eigenvalue weighted by atomic mass is 10.2. The first-order valence-electron chi connectivity index (χ1n) is 4.84. The van der Waals surface area contributed by atoms with Crippen molar-refractivity contribution in [1.82, 2.24) is 0 Å². The largest absolute Gasteiger partial charge is 0.490 e. The van der Waals surface area contributed by atoms with Crippen LogP contribution in [0.2, 0.25) is 0 Å². The first-order chi connectivity index (χ1) is 7.31. The first-order valence-corrected chi connectivity index (χ1v) is 7.11. The van der Waals surface area contributed by atoms with Gasteiger partial charge in [-0.1, -0.05) is 0 Å². The van der Waals surface area contributed by atoms with Gasteiger partial charge in [0.1, 0.15) is 23.1 Å². The van der Waals surface area contributed by atoms with Crippen LogP contribution < -0.4 is 10.5 Å². The molecule has 1 aliphatic heterocycles. The Morgan fingerprint density at radius 1 is 1.73 bits per heavy atom. The molecule has 1 aliphatic rings. The highest BCUT2D eigenvalue weighted by Gasteiger charge is 2.18. The number of ether oxygens (including phenoxy) is 1. The van der Waals surface area contributed by atoms with Crippen LogP contribution in [0.4, 0.5) is 0 Å². The molecule has 0 radical (unpaired) electrons. The molecule has 2 N–H and O–H groups in total. The highest BCUT2D eigenvalue weighted by molar-refractivity contribution is 7.98. The summed E-state index contributed by atoms with van der Waals surface area (Å²) in [5.41, 5.74) is 5.93. The Kier molecular flexibility index (Phi) is 3.53. The Morgan fingerprint density at radius 3 is 3.40 bits per heavy atom. The molecule has 0 fully saturated rings. The molecule has 0 unspecified atom stereocenters. The second kappa shape index (κ2) is 4.90. The molecule has 15 heavy (non-hydrogen) atoms. The van der Waals surface area contributed by atoms with Crippen LogP contribution >= 0.6 is 23.1 Å². The number of fused-ring (bicyclic) bond motifs is 1. The van der Waals surface area contributed by atoms with E-state index in [0.717, 1.165) is 22.8 Å². The molecule has 1 aromatic rings. The van der Waals surface area contributed by atoms with Crippen LogP contribution in [0.1, 0.15) is 11.3 Å². The topological polar surface area (TPSA) is 47.6 Å². The van der Waals surface area contributed by atoms with E-state index >= 15 is 0 Å². The van der Waals surface area contributed by atoms with E-state index in [0.29, 0.717) is 12.4 Å². The monoisotopic (exact) mass is 242 g/mol. The number of thioether (sulfide) groups is 1. The number of nitrogens with zero attached hydrogens (tertiary/aromatic N) is 1. The third-order valence-electron chi connectivity index (χ3n) is 2.27. The SMILES string of the molecule is CSCC[C@H]1COc2ccsc2C(N)=N1. The van der Waals surface area contributed by atoms with Crippen LogP contribution in [0.3, 0.4) is 0 Å². The number of hydrogen-bond acceptors (Lipinski definition) is 5. The van der Waals surface area contributed by atoms with E-state index in [1.165, 1.54) is 0 Å². The maximum atomic E-state index is 5.93. The fourth-order valence-corrected chi connectivity index (χ4v) is 2.73. The maximum absolute atomic E-state index is 5.93. The number of rotatable bonds is 3. The van der Waals surface area contributed by atoms with Gasteiger partial charge in [-0.25, -0.2) is 0 Å². The van der Waals surface area contributed by atoms with Crippen molar-refractivity contribution in [3.05, 3.63) is 16.3 Å². The summed E-state index contributed by atoms with van der Waals surface area (Å²) >= 11 is 3.41. The van der Waals surface area contributed by atoms with E-state index in [1.807, 2.05) is 23.2 Å². The second-order valence-corrected chi connectivity index (χ2v) is 5.28. The minimum absolute atomic E-state index is 0.206. The van der Waals surface area contributed by atoms with Crippen molar-refractivity contribution in [3.8, 4) is 5.75 Å². The Bertz CT molecular complexity index is 362. The van der Waals surface area contributed by atoms with Gasteiger partial charge in [0.25, 0.3) is 0 Å². The van der Waals surface area contributed by atoms with E-state index in [1.54, 1.807) is 11.3 Å². The van der Waals surface area contributed by atoms with Crippen molar-refractivity contribution in [2.75, 3.05) is 18.6 Å². The third kappa shape index (κ3) is 2.46. The molecule has 0 spiro atoms. The molecule has 1 atom stereocenters. The van der Waals surface area contributed by atoms with E-state index in [-0.39, 0.29) is 6.04 Å². The summed E-state index contributed by atoms with van der Waals surface area (Å²) in [5.74, 6) is 2.61. The van der Waals surface area contributed by atoms with Gasteiger partial charge >= 0.3 is 0 Å². The zero-order chi connectivity index (χ0) is 10.7. The predicted octanol–water partition coefficient (Wildman–Crippen LogP) is 1.97. The summed E-state index contributed by atoms with van der Waals surface area (Å²) in [6, 6.07) is 2.16. The molecule has 2 heterocycles. The van der Waals surface area contributed by atoms with Gasteiger partial charge in [0.05, 0.1) is 6.04 Å². The molecule has 0 amide bonds. The number of aliphatic imine (C=N–C) groups is 1. The number of thiophene rings is 1. The number of amidine groups is 1. The molecule has 0 bridgehead atoms.